The molecule has 126 valence electrons. The van der Waals surface area contributed by atoms with Crippen molar-refractivity contribution in [3.8, 4) is 6.07 Å². The van der Waals surface area contributed by atoms with Crippen LogP contribution in [-0.4, -0.2) is 27.6 Å². The van der Waals surface area contributed by atoms with Gasteiger partial charge in [-0.25, -0.2) is 9.97 Å². The molecule has 0 N–H and O–H groups in total. The summed E-state index contributed by atoms with van der Waals surface area (Å²) in [5, 5.41) is 8.80. The Morgan fingerprint density at radius 3 is 2.71 bits per heavy atom. The van der Waals surface area contributed by atoms with Crippen molar-refractivity contribution in [3.05, 3.63) is 41.7 Å². The fourth-order valence-electron chi connectivity index (χ4n) is 3.06. The van der Waals surface area contributed by atoms with Gasteiger partial charge in [0.1, 0.15) is 17.6 Å². The summed E-state index contributed by atoms with van der Waals surface area (Å²) in [6.45, 7) is 1.39. The maximum Gasteiger partial charge on any atom is 0.434 e. The second-order valence-electron chi connectivity index (χ2n) is 5.89. The first kappa shape index (κ1) is 16.3. The van der Waals surface area contributed by atoms with Crippen LogP contribution in [0.25, 0.3) is 0 Å². The molecule has 1 fully saturated rings. The number of rotatable bonds is 2. The van der Waals surface area contributed by atoms with Crippen molar-refractivity contribution in [2.45, 2.75) is 24.9 Å². The number of anilines is 1. The molecule has 0 aliphatic carbocycles. The van der Waals surface area contributed by atoms with Crippen molar-refractivity contribution in [1.29, 1.82) is 5.26 Å². The Balaban J connectivity index is 1.80. The van der Waals surface area contributed by atoms with E-state index in [1.165, 1.54) is 4.57 Å². The fourth-order valence-corrected chi connectivity index (χ4v) is 3.06. The summed E-state index contributed by atoms with van der Waals surface area (Å²) < 4.78 is 40.0. The van der Waals surface area contributed by atoms with Gasteiger partial charge in [-0.3, -0.25) is 0 Å². The van der Waals surface area contributed by atoms with Gasteiger partial charge in [0.05, 0.1) is 11.9 Å². The van der Waals surface area contributed by atoms with Crippen molar-refractivity contribution in [1.82, 2.24) is 14.5 Å². The number of alkyl halides is 3. The summed E-state index contributed by atoms with van der Waals surface area (Å²) in [6, 6.07) is 5.42. The van der Waals surface area contributed by atoms with E-state index in [4.69, 9.17) is 5.26 Å². The van der Waals surface area contributed by atoms with Crippen LogP contribution < -0.4 is 4.90 Å². The average Bonchev–Trinajstić information content (AvgIpc) is 2.97. The van der Waals surface area contributed by atoms with E-state index >= 15 is 0 Å². The van der Waals surface area contributed by atoms with Gasteiger partial charge in [-0.2, -0.15) is 18.4 Å². The molecule has 2 aromatic rings. The molecule has 5 nitrogen and oxygen atoms in total. The number of halogens is 3. The van der Waals surface area contributed by atoms with Crippen LogP contribution in [0.2, 0.25) is 0 Å². The summed E-state index contributed by atoms with van der Waals surface area (Å²) in [5.41, 5.74) is 0.354. The Morgan fingerprint density at radius 2 is 2.12 bits per heavy atom. The number of aryl methyl sites for hydroxylation is 1. The Kier molecular flexibility index (Phi) is 4.18. The summed E-state index contributed by atoms with van der Waals surface area (Å²) in [6.07, 6.45) is -0.110. The molecule has 24 heavy (non-hydrogen) atoms. The second-order valence-corrected chi connectivity index (χ2v) is 5.89. The topological polar surface area (TPSA) is 57.7 Å². The van der Waals surface area contributed by atoms with Crippen LogP contribution in [-0.2, 0) is 13.2 Å². The molecular weight excluding hydrogens is 319 g/mol. The van der Waals surface area contributed by atoms with E-state index in [0.717, 1.165) is 31.3 Å². The summed E-state index contributed by atoms with van der Waals surface area (Å²) in [4.78, 5) is 9.94. The van der Waals surface area contributed by atoms with Gasteiger partial charge in [0.25, 0.3) is 0 Å². The molecule has 0 amide bonds. The molecule has 0 aromatic carbocycles. The first-order valence-corrected chi connectivity index (χ1v) is 7.60. The van der Waals surface area contributed by atoms with Crippen molar-refractivity contribution >= 4 is 5.69 Å². The van der Waals surface area contributed by atoms with E-state index in [2.05, 4.69) is 14.9 Å². The highest BCUT2D eigenvalue weighted by Gasteiger charge is 2.36. The molecule has 3 rings (SSSR count). The number of nitrogens with zero attached hydrogens (tertiary/aromatic N) is 5. The Hall–Kier alpha value is -2.56. The van der Waals surface area contributed by atoms with Gasteiger partial charge in [0.2, 0.25) is 0 Å². The standard InChI is InChI=1S/C16H16F3N5/c1-23-10-14(16(17,18)19)22-15(23)11-3-2-6-24(9-11)13-5-4-12(7-20)21-8-13/h4-5,8,10-11H,2-3,6,9H2,1H3/t11-/m1/s1. The molecule has 0 unspecified atom stereocenters. The van der Waals surface area contributed by atoms with Crippen LogP contribution in [0.3, 0.4) is 0 Å². The van der Waals surface area contributed by atoms with E-state index < -0.39 is 11.9 Å². The zero-order chi connectivity index (χ0) is 17.3. The van der Waals surface area contributed by atoms with Gasteiger partial charge in [0, 0.05) is 32.3 Å². The number of pyridine rings is 1. The largest absolute Gasteiger partial charge is 0.434 e. The number of piperidine rings is 1. The molecule has 8 heteroatoms. The van der Waals surface area contributed by atoms with Crippen LogP contribution in [0.1, 0.15) is 36.0 Å². The van der Waals surface area contributed by atoms with Gasteiger partial charge in [-0.1, -0.05) is 0 Å². The maximum absolute atomic E-state index is 12.8. The molecule has 1 aliphatic heterocycles. The highest BCUT2D eigenvalue weighted by molar-refractivity contribution is 5.46. The van der Waals surface area contributed by atoms with Crippen LogP contribution in [0, 0.1) is 11.3 Å². The third-order valence-electron chi connectivity index (χ3n) is 4.22. The van der Waals surface area contributed by atoms with Crippen molar-refractivity contribution < 1.29 is 13.2 Å². The third kappa shape index (κ3) is 3.20. The molecule has 1 atom stereocenters. The van der Waals surface area contributed by atoms with Gasteiger partial charge in [0.15, 0.2) is 5.69 Å². The van der Waals surface area contributed by atoms with Crippen LogP contribution in [0.5, 0.6) is 0 Å². The SMILES string of the molecule is Cn1cc(C(F)(F)F)nc1[C@@H]1CCCN(c2ccc(C#N)nc2)C1. The van der Waals surface area contributed by atoms with Crippen LogP contribution >= 0.6 is 0 Å². The highest BCUT2D eigenvalue weighted by Crippen LogP contribution is 2.33. The Labute approximate surface area is 137 Å². The minimum absolute atomic E-state index is 0.0736. The lowest BCUT2D eigenvalue weighted by Crippen LogP contribution is -2.35. The van der Waals surface area contributed by atoms with E-state index in [-0.39, 0.29) is 5.92 Å². The van der Waals surface area contributed by atoms with Crippen molar-refractivity contribution in [2.75, 3.05) is 18.0 Å². The summed E-state index contributed by atoms with van der Waals surface area (Å²) >= 11 is 0. The second kappa shape index (κ2) is 6.15. The maximum atomic E-state index is 12.8. The van der Waals surface area contributed by atoms with Crippen molar-refractivity contribution in [3.63, 3.8) is 0 Å². The number of aromatic nitrogens is 3. The fraction of sp³-hybridized carbons (Fsp3) is 0.438. The Bertz CT molecular complexity index is 758. The highest BCUT2D eigenvalue weighted by atomic mass is 19.4. The lowest BCUT2D eigenvalue weighted by Gasteiger charge is -2.33. The molecule has 2 aromatic heterocycles. The summed E-state index contributed by atoms with van der Waals surface area (Å²) in [7, 11) is 1.60. The third-order valence-corrected chi connectivity index (χ3v) is 4.22. The van der Waals surface area contributed by atoms with Crippen molar-refractivity contribution in [2.24, 2.45) is 7.05 Å². The molecule has 0 radical (unpaired) electrons. The lowest BCUT2D eigenvalue weighted by molar-refractivity contribution is -0.141. The predicted octanol–water partition coefficient (Wildman–Crippen LogP) is 3.09. The normalized spacial score (nSPS) is 18.5. The number of nitriles is 1. The van der Waals surface area contributed by atoms with Gasteiger partial charge < -0.3 is 9.47 Å². The molecular formula is C16H16F3N5. The van der Waals surface area contributed by atoms with Crippen LogP contribution in [0.4, 0.5) is 18.9 Å². The first-order valence-electron chi connectivity index (χ1n) is 7.60. The molecule has 3 heterocycles. The minimum Gasteiger partial charge on any atom is -0.370 e. The zero-order valence-electron chi connectivity index (χ0n) is 13.1. The minimum atomic E-state index is -4.43. The molecule has 0 spiro atoms. The zero-order valence-corrected chi connectivity index (χ0v) is 13.1. The molecule has 0 saturated carbocycles. The quantitative estimate of drug-likeness (QED) is 0.846. The average molecular weight is 335 g/mol. The van der Waals surface area contributed by atoms with Gasteiger partial charge in [-0.15, -0.1) is 0 Å². The number of hydrogen-bond donors (Lipinski definition) is 0. The van der Waals surface area contributed by atoms with Crippen LogP contribution in [0.15, 0.2) is 24.5 Å². The molecule has 0 bridgehead atoms. The number of imidazole rings is 1. The van der Waals surface area contributed by atoms with E-state index in [1.807, 2.05) is 12.1 Å². The predicted molar refractivity (Wildman–Crippen MR) is 81.4 cm³/mol. The number of hydrogen-bond acceptors (Lipinski definition) is 4. The van der Waals surface area contributed by atoms with E-state index in [9.17, 15) is 13.2 Å². The monoisotopic (exact) mass is 335 g/mol. The molecule has 1 aliphatic rings. The Morgan fingerprint density at radius 1 is 1.33 bits per heavy atom. The van der Waals surface area contributed by atoms with E-state index in [0.29, 0.717) is 18.1 Å². The van der Waals surface area contributed by atoms with Gasteiger partial charge >= 0.3 is 6.18 Å². The smallest absolute Gasteiger partial charge is 0.370 e. The summed E-state index contributed by atoms with van der Waals surface area (Å²) in [5.74, 6) is 0.379. The first-order chi connectivity index (χ1) is 11.4. The molecule has 1 saturated heterocycles. The lowest BCUT2D eigenvalue weighted by atomic mass is 9.97. The van der Waals surface area contributed by atoms with E-state index in [1.54, 1.807) is 19.3 Å². The van der Waals surface area contributed by atoms with Gasteiger partial charge in [-0.05, 0) is 25.0 Å².